The Morgan fingerprint density at radius 2 is 2.33 bits per heavy atom. The highest BCUT2D eigenvalue weighted by atomic mass is 19.1. The molecule has 1 aliphatic carbocycles. The fourth-order valence-corrected chi connectivity index (χ4v) is 1.91. The first-order chi connectivity index (χ1) is 7.16. The highest BCUT2D eigenvalue weighted by Crippen LogP contribution is 2.22. The van der Waals surface area contributed by atoms with E-state index < -0.39 is 12.4 Å². The van der Waals surface area contributed by atoms with Crippen LogP contribution in [0.25, 0.3) is 0 Å². The van der Waals surface area contributed by atoms with E-state index in [4.69, 9.17) is 0 Å². The summed E-state index contributed by atoms with van der Waals surface area (Å²) in [6.45, 7) is 0.521. The van der Waals surface area contributed by atoms with Crippen molar-refractivity contribution in [2.45, 2.75) is 31.7 Å². The summed E-state index contributed by atoms with van der Waals surface area (Å²) in [4.78, 5) is 12.8. The molecule has 0 radical (unpaired) electrons. The van der Waals surface area contributed by atoms with Crippen molar-refractivity contribution in [2.24, 2.45) is 0 Å². The molecule has 15 heavy (non-hydrogen) atoms. The summed E-state index contributed by atoms with van der Waals surface area (Å²) < 4.78 is 12.8. The van der Waals surface area contributed by atoms with Crippen molar-refractivity contribution in [1.82, 2.24) is 4.90 Å². The summed E-state index contributed by atoms with van der Waals surface area (Å²) in [7, 11) is 0. The van der Waals surface area contributed by atoms with Gasteiger partial charge in [-0.1, -0.05) is 6.08 Å². The highest BCUT2D eigenvalue weighted by molar-refractivity contribution is 5.79. The number of carbonyl (C=O) groups is 1. The molecule has 2 rings (SSSR count). The van der Waals surface area contributed by atoms with Gasteiger partial charge in [0.2, 0.25) is 0 Å². The number of aliphatic hydroxyl groups is 1. The number of Topliss-reactive ketones (excluding diaryl/α,β-unsaturated/α-hetero) is 1. The molecule has 1 fully saturated rings. The maximum atomic E-state index is 12.8. The van der Waals surface area contributed by atoms with Crippen molar-refractivity contribution in [3.63, 3.8) is 0 Å². The molecular formula is C11H14FNO2. The first-order valence-electron chi connectivity index (χ1n) is 5.15. The fraction of sp³-hybridized carbons (Fsp3) is 0.545. The molecule has 3 nitrogen and oxygen atoms in total. The van der Waals surface area contributed by atoms with Gasteiger partial charge in [-0.3, -0.25) is 4.79 Å². The standard InChI is InChI=1S/C11H14FNO2/c12-8-1-3-9(4-2-8)13-6-5-10(14)7-11(13)15/h1,3-4,8,11,15H,2,5-7H2. The molecule has 1 heterocycles. The van der Waals surface area contributed by atoms with Crippen molar-refractivity contribution >= 4 is 5.78 Å². The maximum absolute atomic E-state index is 12.8. The zero-order chi connectivity index (χ0) is 10.8. The molecule has 2 unspecified atom stereocenters. The molecule has 4 heteroatoms. The Hall–Kier alpha value is -1.16. The smallest absolute Gasteiger partial charge is 0.139 e. The predicted molar refractivity (Wildman–Crippen MR) is 53.7 cm³/mol. The molecule has 1 N–H and O–H groups in total. The Morgan fingerprint density at radius 3 is 2.93 bits per heavy atom. The third-order valence-corrected chi connectivity index (χ3v) is 2.76. The van der Waals surface area contributed by atoms with E-state index in [1.54, 1.807) is 17.1 Å². The van der Waals surface area contributed by atoms with Crippen LogP contribution in [0.2, 0.25) is 0 Å². The van der Waals surface area contributed by atoms with E-state index in [0.29, 0.717) is 19.4 Å². The molecule has 1 aliphatic heterocycles. The van der Waals surface area contributed by atoms with Gasteiger partial charge in [0.15, 0.2) is 0 Å². The number of aliphatic hydroxyl groups excluding tert-OH is 1. The number of likely N-dealkylation sites (tertiary alicyclic amines) is 1. The fourth-order valence-electron chi connectivity index (χ4n) is 1.91. The second-order valence-corrected chi connectivity index (χ2v) is 3.91. The largest absolute Gasteiger partial charge is 0.373 e. The number of nitrogens with zero attached hydrogens (tertiary/aromatic N) is 1. The molecule has 2 atom stereocenters. The summed E-state index contributed by atoms with van der Waals surface area (Å²) in [6.07, 6.45) is 4.24. The number of alkyl halides is 1. The zero-order valence-electron chi connectivity index (χ0n) is 8.40. The first-order valence-corrected chi connectivity index (χ1v) is 5.15. The van der Waals surface area contributed by atoms with Crippen molar-refractivity contribution in [3.05, 3.63) is 23.9 Å². The van der Waals surface area contributed by atoms with Crippen LogP contribution < -0.4 is 0 Å². The van der Waals surface area contributed by atoms with E-state index in [0.717, 1.165) is 5.70 Å². The minimum absolute atomic E-state index is 0.0857. The molecule has 0 spiro atoms. The summed E-state index contributed by atoms with van der Waals surface area (Å²) in [6, 6.07) is 0. The van der Waals surface area contributed by atoms with Gasteiger partial charge in [0.1, 0.15) is 18.2 Å². The van der Waals surface area contributed by atoms with Crippen LogP contribution in [-0.2, 0) is 4.79 Å². The Kier molecular flexibility index (Phi) is 2.86. The number of hydrogen-bond donors (Lipinski definition) is 1. The SMILES string of the molecule is O=C1CCN(C2=CCC(F)C=C2)C(O)C1. The van der Waals surface area contributed by atoms with E-state index in [1.807, 2.05) is 0 Å². The minimum atomic E-state index is -0.919. The molecule has 0 amide bonds. The Morgan fingerprint density at radius 1 is 1.53 bits per heavy atom. The minimum Gasteiger partial charge on any atom is -0.373 e. The van der Waals surface area contributed by atoms with Gasteiger partial charge in [-0.2, -0.15) is 0 Å². The lowest BCUT2D eigenvalue weighted by Gasteiger charge is -2.35. The molecule has 82 valence electrons. The topological polar surface area (TPSA) is 40.5 Å². The zero-order valence-corrected chi connectivity index (χ0v) is 8.40. The van der Waals surface area contributed by atoms with E-state index >= 15 is 0 Å². The average Bonchev–Trinajstić information content (AvgIpc) is 2.20. The van der Waals surface area contributed by atoms with Crippen LogP contribution in [0.15, 0.2) is 23.9 Å². The van der Waals surface area contributed by atoms with Gasteiger partial charge in [-0.05, 0) is 12.2 Å². The van der Waals surface area contributed by atoms with Crippen molar-refractivity contribution < 1.29 is 14.3 Å². The summed E-state index contributed by atoms with van der Waals surface area (Å²) in [5, 5.41) is 9.69. The van der Waals surface area contributed by atoms with Crippen LogP contribution in [0.3, 0.4) is 0 Å². The number of hydrogen-bond acceptors (Lipinski definition) is 3. The summed E-state index contributed by atoms with van der Waals surface area (Å²) >= 11 is 0. The number of halogens is 1. The van der Waals surface area contributed by atoms with Crippen molar-refractivity contribution in [3.8, 4) is 0 Å². The van der Waals surface area contributed by atoms with E-state index in [1.165, 1.54) is 6.08 Å². The van der Waals surface area contributed by atoms with Gasteiger partial charge < -0.3 is 10.0 Å². The van der Waals surface area contributed by atoms with Crippen LogP contribution in [-0.4, -0.2) is 34.7 Å². The van der Waals surface area contributed by atoms with Crippen LogP contribution >= 0.6 is 0 Å². The molecule has 0 aromatic carbocycles. The number of carbonyl (C=O) groups excluding carboxylic acids is 1. The van der Waals surface area contributed by atoms with Crippen LogP contribution in [0.5, 0.6) is 0 Å². The molecule has 1 saturated heterocycles. The molecular weight excluding hydrogens is 197 g/mol. The monoisotopic (exact) mass is 211 g/mol. The number of rotatable bonds is 1. The molecule has 0 saturated carbocycles. The molecule has 0 aromatic heterocycles. The second kappa shape index (κ2) is 4.14. The Bertz CT molecular complexity index is 325. The second-order valence-electron chi connectivity index (χ2n) is 3.91. The van der Waals surface area contributed by atoms with Gasteiger partial charge in [0.25, 0.3) is 0 Å². The molecule has 0 bridgehead atoms. The third-order valence-electron chi connectivity index (χ3n) is 2.76. The average molecular weight is 211 g/mol. The van der Waals surface area contributed by atoms with E-state index in [9.17, 15) is 14.3 Å². The predicted octanol–water partition coefficient (Wildman–Crippen LogP) is 1.15. The third kappa shape index (κ3) is 2.26. The summed E-state index contributed by atoms with van der Waals surface area (Å²) in [5.41, 5.74) is 0.823. The van der Waals surface area contributed by atoms with Crippen LogP contribution in [0, 0.1) is 0 Å². The lowest BCUT2D eigenvalue weighted by Crippen LogP contribution is -2.41. The van der Waals surface area contributed by atoms with Gasteiger partial charge in [-0.15, -0.1) is 0 Å². The first kappa shape index (κ1) is 10.4. The molecule has 2 aliphatic rings. The number of piperidine rings is 1. The van der Waals surface area contributed by atoms with Crippen LogP contribution in [0.4, 0.5) is 4.39 Å². The summed E-state index contributed by atoms with van der Waals surface area (Å²) in [5.74, 6) is 0.0857. The number of allylic oxidation sites excluding steroid dienone is 3. The lowest BCUT2D eigenvalue weighted by atomic mass is 10.0. The Balaban J connectivity index is 2.05. The van der Waals surface area contributed by atoms with Gasteiger partial charge in [-0.25, -0.2) is 4.39 Å². The quantitative estimate of drug-likeness (QED) is 0.707. The van der Waals surface area contributed by atoms with E-state index in [2.05, 4.69) is 0 Å². The van der Waals surface area contributed by atoms with Gasteiger partial charge in [0, 0.05) is 25.1 Å². The highest BCUT2D eigenvalue weighted by Gasteiger charge is 2.26. The Labute approximate surface area is 87.9 Å². The molecule has 0 aromatic rings. The van der Waals surface area contributed by atoms with Gasteiger partial charge >= 0.3 is 0 Å². The van der Waals surface area contributed by atoms with Crippen molar-refractivity contribution in [1.29, 1.82) is 0 Å². The van der Waals surface area contributed by atoms with Crippen molar-refractivity contribution in [2.75, 3.05) is 6.54 Å². The maximum Gasteiger partial charge on any atom is 0.139 e. The van der Waals surface area contributed by atoms with Crippen LogP contribution in [0.1, 0.15) is 19.3 Å². The van der Waals surface area contributed by atoms with Gasteiger partial charge in [0.05, 0.1) is 6.42 Å². The lowest BCUT2D eigenvalue weighted by molar-refractivity contribution is -0.128. The van der Waals surface area contributed by atoms with E-state index in [-0.39, 0.29) is 12.2 Å². The normalized spacial score (nSPS) is 31.7. The number of ketones is 1.